The largest absolute Gasteiger partial charge is 0.469 e. The third-order valence-electron chi connectivity index (χ3n) is 7.52. The van der Waals surface area contributed by atoms with Gasteiger partial charge in [-0.05, 0) is 55.0 Å². The van der Waals surface area contributed by atoms with Crippen LogP contribution in [0.15, 0.2) is 54.9 Å². The molecule has 36 heavy (non-hydrogen) atoms. The van der Waals surface area contributed by atoms with Crippen molar-refractivity contribution in [2.75, 3.05) is 25.5 Å². The van der Waals surface area contributed by atoms with E-state index in [4.69, 9.17) is 4.74 Å². The summed E-state index contributed by atoms with van der Waals surface area (Å²) in [5.74, 6) is -0.534. The number of benzene rings is 2. The standard InChI is InChI=1S/C28H33N5O3/c1-18-12-20(15-23-16-29-31-26(18)23)14-22(27(34)36-3)13-19(2)32-10-8-24(9-11-32)33-17-21-6-4-5-7-25(21)30-28(33)35/h4-7,12,15-16,22,24H,2,8-11,13-14,17H2,1,3H3,(H,29,31)(H,30,35). The smallest absolute Gasteiger partial charge is 0.322 e. The van der Waals surface area contributed by atoms with Gasteiger partial charge in [-0.3, -0.25) is 9.89 Å². The number of likely N-dealkylation sites (tertiary alicyclic amines) is 1. The van der Waals surface area contributed by atoms with Crippen LogP contribution in [0, 0.1) is 12.8 Å². The minimum Gasteiger partial charge on any atom is -0.469 e. The summed E-state index contributed by atoms with van der Waals surface area (Å²) >= 11 is 0. The number of ether oxygens (including phenoxy) is 1. The molecule has 1 fully saturated rings. The first-order valence-electron chi connectivity index (χ1n) is 12.5. The number of amides is 2. The van der Waals surface area contributed by atoms with Crippen molar-refractivity contribution in [3.8, 4) is 0 Å². The molecule has 2 aliphatic rings. The molecule has 0 saturated carbocycles. The van der Waals surface area contributed by atoms with E-state index in [1.165, 1.54) is 7.11 Å². The molecule has 3 aromatic rings. The van der Waals surface area contributed by atoms with Gasteiger partial charge in [-0.2, -0.15) is 5.10 Å². The molecule has 2 N–H and O–H groups in total. The van der Waals surface area contributed by atoms with Crippen LogP contribution < -0.4 is 5.32 Å². The number of hydrogen-bond acceptors (Lipinski definition) is 5. The van der Waals surface area contributed by atoms with Crippen molar-refractivity contribution in [1.29, 1.82) is 0 Å². The number of hydrogen-bond donors (Lipinski definition) is 2. The van der Waals surface area contributed by atoms with Crippen LogP contribution >= 0.6 is 0 Å². The summed E-state index contributed by atoms with van der Waals surface area (Å²) in [6.07, 6.45) is 4.67. The van der Waals surface area contributed by atoms with Gasteiger partial charge in [0.2, 0.25) is 0 Å². The van der Waals surface area contributed by atoms with Gasteiger partial charge in [0.1, 0.15) is 0 Å². The highest BCUT2D eigenvalue weighted by atomic mass is 16.5. The average molecular weight is 488 g/mol. The van der Waals surface area contributed by atoms with Crippen molar-refractivity contribution in [2.45, 2.75) is 45.2 Å². The molecule has 1 saturated heterocycles. The van der Waals surface area contributed by atoms with Gasteiger partial charge >= 0.3 is 12.0 Å². The predicted molar refractivity (Wildman–Crippen MR) is 139 cm³/mol. The molecule has 3 heterocycles. The predicted octanol–water partition coefficient (Wildman–Crippen LogP) is 4.62. The second kappa shape index (κ2) is 10.0. The third kappa shape index (κ3) is 4.80. The number of aromatic amines is 1. The Hall–Kier alpha value is -3.81. The number of H-pyrrole nitrogens is 1. The fourth-order valence-electron chi connectivity index (χ4n) is 5.54. The Morgan fingerprint density at radius 2 is 2.03 bits per heavy atom. The number of aromatic nitrogens is 2. The molecule has 2 aliphatic heterocycles. The summed E-state index contributed by atoms with van der Waals surface area (Å²) in [5.41, 5.74) is 6.20. The fourth-order valence-corrected chi connectivity index (χ4v) is 5.54. The number of aryl methyl sites for hydroxylation is 1. The summed E-state index contributed by atoms with van der Waals surface area (Å²) in [4.78, 5) is 29.6. The van der Waals surface area contributed by atoms with E-state index in [2.05, 4.69) is 45.2 Å². The Kier molecular flexibility index (Phi) is 6.67. The summed E-state index contributed by atoms with van der Waals surface area (Å²) in [6, 6.07) is 12.3. The highest BCUT2D eigenvalue weighted by Crippen LogP contribution is 2.30. The van der Waals surface area contributed by atoms with Crippen LogP contribution in [-0.4, -0.2) is 58.2 Å². The molecule has 1 atom stereocenters. The van der Waals surface area contributed by atoms with E-state index in [-0.39, 0.29) is 24.0 Å². The van der Waals surface area contributed by atoms with Crippen molar-refractivity contribution < 1.29 is 14.3 Å². The molecular weight excluding hydrogens is 454 g/mol. The van der Waals surface area contributed by atoms with Crippen molar-refractivity contribution in [2.24, 2.45) is 5.92 Å². The Morgan fingerprint density at radius 1 is 1.25 bits per heavy atom. The maximum atomic E-state index is 12.7. The minimum atomic E-state index is -0.312. The number of para-hydroxylation sites is 1. The van der Waals surface area contributed by atoms with Gasteiger partial charge in [-0.15, -0.1) is 0 Å². The molecule has 188 valence electrons. The Morgan fingerprint density at radius 3 is 2.81 bits per heavy atom. The fraction of sp³-hybridized carbons (Fsp3) is 0.393. The topological polar surface area (TPSA) is 90.6 Å². The number of methoxy groups -OCH3 is 1. The number of nitrogens with one attached hydrogen (secondary N) is 2. The van der Waals surface area contributed by atoms with Gasteiger partial charge in [-0.25, -0.2) is 4.79 Å². The second-order valence-electron chi connectivity index (χ2n) is 9.87. The minimum absolute atomic E-state index is 0.0263. The zero-order valence-corrected chi connectivity index (χ0v) is 20.9. The molecule has 1 unspecified atom stereocenters. The molecule has 0 aliphatic carbocycles. The average Bonchev–Trinajstić information content (AvgIpc) is 3.37. The molecule has 0 radical (unpaired) electrons. The summed E-state index contributed by atoms with van der Waals surface area (Å²) in [6.45, 7) is 8.63. The molecule has 0 bridgehead atoms. The van der Waals surface area contributed by atoms with Crippen molar-refractivity contribution in [1.82, 2.24) is 20.0 Å². The number of carbonyl (C=O) groups excluding carboxylic acids is 2. The van der Waals surface area contributed by atoms with Gasteiger partial charge in [0.15, 0.2) is 0 Å². The first-order chi connectivity index (χ1) is 17.4. The summed E-state index contributed by atoms with van der Waals surface area (Å²) in [7, 11) is 1.44. The van der Waals surface area contributed by atoms with E-state index in [9.17, 15) is 9.59 Å². The quantitative estimate of drug-likeness (QED) is 0.475. The van der Waals surface area contributed by atoms with Gasteiger partial charge < -0.3 is 19.9 Å². The lowest BCUT2D eigenvalue weighted by atomic mass is 9.92. The molecule has 8 nitrogen and oxygen atoms in total. The Balaban J connectivity index is 1.20. The van der Waals surface area contributed by atoms with Crippen LogP contribution in [0.3, 0.4) is 0 Å². The van der Waals surface area contributed by atoms with Crippen LogP contribution in [0.5, 0.6) is 0 Å². The number of anilines is 1. The summed E-state index contributed by atoms with van der Waals surface area (Å²) < 4.78 is 5.14. The van der Waals surface area contributed by atoms with Crippen LogP contribution in [0.4, 0.5) is 10.5 Å². The van der Waals surface area contributed by atoms with Gasteiger partial charge in [0.05, 0.1) is 24.7 Å². The third-order valence-corrected chi connectivity index (χ3v) is 7.52. The lowest BCUT2D eigenvalue weighted by Crippen LogP contribution is -2.50. The highest BCUT2D eigenvalue weighted by molar-refractivity contribution is 5.92. The van der Waals surface area contributed by atoms with Crippen LogP contribution in [-0.2, 0) is 22.5 Å². The van der Waals surface area contributed by atoms with Crippen molar-refractivity contribution in [3.05, 3.63) is 71.6 Å². The highest BCUT2D eigenvalue weighted by Gasteiger charge is 2.32. The van der Waals surface area contributed by atoms with E-state index in [0.717, 1.165) is 64.9 Å². The number of urea groups is 1. The van der Waals surface area contributed by atoms with Crippen molar-refractivity contribution in [3.63, 3.8) is 0 Å². The van der Waals surface area contributed by atoms with E-state index < -0.39 is 0 Å². The lowest BCUT2D eigenvalue weighted by Gasteiger charge is -2.42. The van der Waals surface area contributed by atoms with Gasteiger partial charge in [0, 0.05) is 48.9 Å². The van der Waals surface area contributed by atoms with E-state index in [1.54, 1.807) is 0 Å². The maximum Gasteiger partial charge on any atom is 0.322 e. The Bertz CT molecular complexity index is 1290. The number of rotatable bonds is 7. The molecule has 1 aromatic heterocycles. The number of fused-ring (bicyclic) bond motifs is 2. The molecular formula is C28H33N5O3. The van der Waals surface area contributed by atoms with E-state index in [0.29, 0.717) is 19.4 Å². The Labute approximate surface area is 211 Å². The van der Waals surface area contributed by atoms with Gasteiger partial charge in [0.25, 0.3) is 0 Å². The molecule has 8 heteroatoms. The first-order valence-corrected chi connectivity index (χ1v) is 12.5. The SMILES string of the molecule is C=C(CC(Cc1cc(C)c2[nH]ncc2c1)C(=O)OC)N1CCC(N2Cc3ccccc3NC2=O)CC1. The van der Waals surface area contributed by atoms with Crippen LogP contribution in [0.1, 0.15) is 36.0 Å². The first kappa shape index (κ1) is 23.9. The van der Waals surface area contributed by atoms with E-state index >= 15 is 0 Å². The van der Waals surface area contributed by atoms with Gasteiger partial charge in [-0.1, -0.05) is 30.8 Å². The molecule has 5 rings (SSSR count). The van der Waals surface area contributed by atoms with E-state index in [1.807, 2.05) is 36.2 Å². The molecule has 2 aromatic carbocycles. The zero-order valence-electron chi connectivity index (χ0n) is 20.9. The second-order valence-corrected chi connectivity index (χ2v) is 9.87. The molecule has 2 amide bonds. The molecule has 0 spiro atoms. The summed E-state index contributed by atoms with van der Waals surface area (Å²) in [5, 5.41) is 11.2. The number of esters is 1. The monoisotopic (exact) mass is 487 g/mol. The number of nitrogens with zero attached hydrogens (tertiary/aromatic N) is 3. The van der Waals surface area contributed by atoms with Crippen LogP contribution in [0.2, 0.25) is 0 Å². The van der Waals surface area contributed by atoms with Crippen LogP contribution in [0.25, 0.3) is 10.9 Å². The van der Waals surface area contributed by atoms with Crippen molar-refractivity contribution >= 4 is 28.6 Å². The lowest BCUT2D eigenvalue weighted by molar-refractivity contribution is -0.145. The normalized spacial score (nSPS) is 17.0. The number of piperidine rings is 1. The maximum absolute atomic E-state index is 12.7. The number of allylic oxidation sites excluding steroid dienone is 1. The number of carbonyl (C=O) groups is 2. The zero-order chi connectivity index (χ0) is 25.2.